The van der Waals surface area contributed by atoms with Gasteiger partial charge in [0.25, 0.3) is 0 Å². The smallest absolute Gasteiger partial charge is 0.319 e. The fourth-order valence-corrected chi connectivity index (χ4v) is 2.40. The van der Waals surface area contributed by atoms with Crippen molar-refractivity contribution in [2.45, 2.75) is 13.8 Å². The highest BCUT2D eigenvalue weighted by molar-refractivity contribution is 5.89. The van der Waals surface area contributed by atoms with E-state index in [0.29, 0.717) is 24.7 Å². The summed E-state index contributed by atoms with van der Waals surface area (Å²) in [6.45, 7) is 4.59. The summed E-state index contributed by atoms with van der Waals surface area (Å²) in [5.41, 5.74) is 2.55. The predicted molar refractivity (Wildman–Crippen MR) is 97.6 cm³/mol. The Morgan fingerprint density at radius 3 is 2.77 bits per heavy atom. The molecule has 8 nitrogen and oxygen atoms in total. The van der Waals surface area contributed by atoms with Gasteiger partial charge in [0.05, 0.1) is 12.2 Å². The van der Waals surface area contributed by atoms with Gasteiger partial charge in [0.15, 0.2) is 5.82 Å². The number of aromatic nitrogens is 4. The zero-order chi connectivity index (χ0) is 18.4. The van der Waals surface area contributed by atoms with Crippen molar-refractivity contribution < 1.29 is 9.53 Å². The van der Waals surface area contributed by atoms with Crippen LogP contribution in [-0.4, -0.2) is 39.4 Å². The van der Waals surface area contributed by atoms with Gasteiger partial charge in [0.2, 0.25) is 0 Å². The summed E-state index contributed by atoms with van der Waals surface area (Å²) in [4.78, 5) is 12.0. The van der Waals surface area contributed by atoms with Crippen LogP contribution >= 0.6 is 0 Å². The van der Waals surface area contributed by atoms with Crippen LogP contribution in [0.25, 0.3) is 5.69 Å². The van der Waals surface area contributed by atoms with Gasteiger partial charge in [0.1, 0.15) is 12.4 Å². The number of urea groups is 1. The number of hydrogen-bond acceptors (Lipinski definition) is 5. The van der Waals surface area contributed by atoms with Crippen molar-refractivity contribution in [2.75, 3.05) is 18.5 Å². The number of rotatable bonds is 6. The maximum Gasteiger partial charge on any atom is 0.319 e. The maximum atomic E-state index is 12.0. The van der Waals surface area contributed by atoms with Crippen molar-refractivity contribution in [3.63, 3.8) is 0 Å². The first-order valence-corrected chi connectivity index (χ1v) is 8.21. The maximum absolute atomic E-state index is 12.0. The standard InChI is InChI=1S/C18H20N6O2/c1-13-5-3-8-17(11-13)26-10-9-19-18(25)20-15-6-4-7-16(12-15)24-14(2)21-22-23-24/h3-8,11-12H,9-10H2,1-2H3,(H2,19,20,25). The number of tetrazole rings is 1. The van der Waals surface area contributed by atoms with Crippen LogP contribution in [0, 0.1) is 13.8 Å². The van der Waals surface area contributed by atoms with E-state index >= 15 is 0 Å². The number of hydrogen-bond donors (Lipinski definition) is 2. The van der Waals surface area contributed by atoms with Gasteiger partial charge in [0, 0.05) is 5.69 Å². The molecule has 0 aliphatic heterocycles. The molecule has 0 radical (unpaired) electrons. The molecule has 3 rings (SSSR count). The van der Waals surface area contributed by atoms with Gasteiger partial charge in [-0.1, -0.05) is 18.2 Å². The summed E-state index contributed by atoms with van der Waals surface area (Å²) in [5, 5.41) is 16.9. The first kappa shape index (κ1) is 17.4. The molecule has 2 N–H and O–H groups in total. The van der Waals surface area contributed by atoms with Crippen LogP contribution in [0.4, 0.5) is 10.5 Å². The lowest BCUT2D eigenvalue weighted by Crippen LogP contribution is -2.32. The molecule has 3 aromatic rings. The van der Waals surface area contributed by atoms with Crippen molar-refractivity contribution in [1.82, 2.24) is 25.5 Å². The molecule has 0 aliphatic carbocycles. The first-order chi connectivity index (χ1) is 12.6. The molecule has 1 heterocycles. The molecular formula is C18H20N6O2. The van der Waals surface area contributed by atoms with Crippen LogP contribution in [0.3, 0.4) is 0 Å². The van der Waals surface area contributed by atoms with Gasteiger partial charge in [-0.3, -0.25) is 0 Å². The number of amides is 2. The van der Waals surface area contributed by atoms with E-state index in [-0.39, 0.29) is 6.03 Å². The number of benzene rings is 2. The minimum Gasteiger partial charge on any atom is -0.492 e. The largest absolute Gasteiger partial charge is 0.492 e. The average molecular weight is 352 g/mol. The Balaban J connectivity index is 1.48. The molecule has 0 unspecified atom stereocenters. The van der Waals surface area contributed by atoms with Gasteiger partial charge in [-0.2, -0.15) is 4.68 Å². The molecule has 0 saturated carbocycles. The van der Waals surface area contributed by atoms with E-state index in [2.05, 4.69) is 26.2 Å². The Bertz CT molecular complexity index is 893. The third-order valence-electron chi connectivity index (χ3n) is 3.62. The van der Waals surface area contributed by atoms with E-state index in [1.54, 1.807) is 23.7 Å². The van der Waals surface area contributed by atoms with Gasteiger partial charge in [-0.05, 0) is 60.2 Å². The van der Waals surface area contributed by atoms with Crippen LogP contribution in [0.2, 0.25) is 0 Å². The third kappa shape index (κ3) is 4.56. The lowest BCUT2D eigenvalue weighted by Gasteiger charge is -2.10. The quantitative estimate of drug-likeness (QED) is 0.665. The number of ether oxygens (including phenoxy) is 1. The van der Waals surface area contributed by atoms with Gasteiger partial charge in [-0.15, -0.1) is 5.10 Å². The molecule has 0 atom stereocenters. The Kier molecular flexibility index (Phi) is 5.43. The number of carbonyl (C=O) groups is 1. The van der Waals surface area contributed by atoms with Crippen LogP contribution in [0.15, 0.2) is 48.5 Å². The van der Waals surface area contributed by atoms with E-state index in [1.807, 2.05) is 43.3 Å². The van der Waals surface area contributed by atoms with Gasteiger partial charge < -0.3 is 15.4 Å². The number of anilines is 1. The van der Waals surface area contributed by atoms with E-state index < -0.39 is 0 Å². The zero-order valence-electron chi connectivity index (χ0n) is 14.6. The predicted octanol–water partition coefficient (Wildman–Crippen LogP) is 2.48. The van der Waals surface area contributed by atoms with Crippen LogP contribution in [0.1, 0.15) is 11.4 Å². The monoisotopic (exact) mass is 352 g/mol. The molecule has 1 aromatic heterocycles. The highest BCUT2D eigenvalue weighted by Gasteiger charge is 2.06. The molecular weight excluding hydrogens is 332 g/mol. The SMILES string of the molecule is Cc1cccc(OCCNC(=O)Nc2cccc(-n3nnnc3C)c2)c1. The minimum atomic E-state index is -0.302. The number of nitrogens with zero attached hydrogens (tertiary/aromatic N) is 4. The molecule has 0 fully saturated rings. The summed E-state index contributed by atoms with van der Waals surface area (Å²) >= 11 is 0. The van der Waals surface area contributed by atoms with Gasteiger partial charge in [-0.25, -0.2) is 4.79 Å². The number of nitrogens with one attached hydrogen (secondary N) is 2. The molecule has 0 spiro atoms. The summed E-state index contributed by atoms with van der Waals surface area (Å²) < 4.78 is 7.20. The van der Waals surface area contributed by atoms with Crippen molar-refractivity contribution in [1.29, 1.82) is 0 Å². The van der Waals surface area contributed by atoms with Crippen LogP contribution in [-0.2, 0) is 0 Å². The fraction of sp³-hybridized carbons (Fsp3) is 0.222. The van der Waals surface area contributed by atoms with Crippen molar-refractivity contribution >= 4 is 11.7 Å². The molecule has 2 amide bonds. The summed E-state index contributed by atoms with van der Waals surface area (Å²) in [5.74, 6) is 1.46. The van der Waals surface area contributed by atoms with E-state index in [1.165, 1.54) is 0 Å². The molecule has 0 bridgehead atoms. The van der Waals surface area contributed by atoms with Crippen molar-refractivity contribution in [3.8, 4) is 11.4 Å². The highest BCUT2D eigenvalue weighted by atomic mass is 16.5. The summed E-state index contributed by atoms with van der Waals surface area (Å²) in [6, 6.07) is 14.8. The van der Waals surface area contributed by atoms with Gasteiger partial charge >= 0.3 is 6.03 Å². The molecule has 0 aliphatic rings. The Hall–Kier alpha value is -3.42. The lowest BCUT2D eigenvalue weighted by atomic mass is 10.2. The zero-order valence-corrected chi connectivity index (χ0v) is 14.6. The second-order valence-corrected chi connectivity index (χ2v) is 5.73. The van der Waals surface area contributed by atoms with Crippen molar-refractivity contribution in [3.05, 3.63) is 59.9 Å². The molecule has 2 aromatic carbocycles. The topological polar surface area (TPSA) is 94.0 Å². The molecule has 26 heavy (non-hydrogen) atoms. The Morgan fingerprint density at radius 2 is 2.00 bits per heavy atom. The molecule has 0 saturated heterocycles. The Morgan fingerprint density at radius 1 is 1.15 bits per heavy atom. The van der Waals surface area contributed by atoms with E-state index in [0.717, 1.165) is 17.0 Å². The fourth-order valence-electron chi connectivity index (χ4n) is 2.40. The van der Waals surface area contributed by atoms with E-state index in [9.17, 15) is 4.79 Å². The highest BCUT2D eigenvalue weighted by Crippen LogP contribution is 2.14. The number of aryl methyl sites for hydroxylation is 2. The summed E-state index contributed by atoms with van der Waals surface area (Å²) in [7, 11) is 0. The molecule has 8 heteroatoms. The first-order valence-electron chi connectivity index (χ1n) is 8.21. The van der Waals surface area contributed by atoms with Crippen LogP contribution in [0.5, 0.6) is 5.75 Å². The normalized spacial score (nSPS) is 10.4. The Labute approximate surface area is 151 Å². The number of carbonyl (C=O) groups excluding carboxylic acids is 1. The minimum absolute atomic E-state index is 0.302. The summed E-state index contributed by atoms with van der Waals surface area (Å²) in [6.07, 6.45) is 0. The average Bonchev–Trinajstić information content (AvgIpc) is 3.05. The second kappa shape index (κ2) is 8.11. The second-order valence-electron chi connectivity index (χ2n) is 5.73. The third-order valence-corrected chi connectivity index (χ3v) is 3.62. The molecule has 134 valence electrons. The lowest BCUT2D eigenvalue weighted by molar-refractivity contribution is 0.247. The van der Waals surface area contributed by atoms with Crippen LogP contribution < -0.4 is 15.4 Å². The van der Waals surface area contributed by atoms with Crippen molar-refractivity contribution in [2.24, 2.45) is 0 Å². The van der Waals surface area contributed by atoms with E-state index in [4.69, 9.17) is 4.74 Å².